The maximum Gasteiger partial charge on any atom is 0.309 e. The molecule has 0 bridgehead atoms. The van der Waals surface area contributed by atoms with E-state index in [0.717, 1.165) is 44.9 Å². The molecule has 0 aliphatic heterocycles. The van der Waals surface area contributed by atoms with Crippen LogP contribution in [0.5, 0.6) is 0 Å². The molecule has 2 unspecified atom stereocenters. The van der Waals surface area contributed by atoms with E-state index in [2.05, 4.69) is 13.8 Å². The van der Waals surface area contributed by atoms with Gasteiger partial charge in [0.15, 0.2) is 0 Å². The zero-order chi connectivity index (χ0) is 18.2. The van der Waals surface area contributed by atoms with Crippen molar-refractivity contribution < 1.29 is 19.4 Å². The zero-order valence-corrected chi connectivity index (χ0v) is 15.7. The second-order valence-corrected chi connectivity index (χ2v) is 6.40. The Balaban J connectivity index is 4.38. The molecule has 0 aromatic heterocycles. The minimum Gasteiger partial charge on any atom is -0.550 e. The van der Waals surface area contributed by atoms with E-state index in [1.807, 2.05) is 19.1 Å². The number of hydrogen-bond acceptors (Lipinski definition) is 4. The topological polar surface area (TPSA) is 66.4 Å². The van der Waals surface area contributed by atoms with Gasteiger partial charge in [-0.2, -0.15) is 0 Å². The highest BCUT2D eigenvalue weighted by molar-refractivity contribution is 5.72. The molecule has 2 atom stereocenters. The van der Waals surface area contributed by atoms with Crippen molar-refractivity contribution in [2.45, 2.75) is 85.0 Å². The fraction of sp³-hybridized carbons (Fsp3) is 0.800. The Morgan fingerprint density at radius 1 is 0.875 bits per heavy atom. The lowest BCUT2D eigenvalue weighted by molar-refractivity contribution is -0.311. The van der Waals surface area contributed by atoms with Crippen molar-refractivity contribution >= 4 is 11.9 Å². The van der Waals surface area contributed by atoms with Gasteiger partial charge in [-0.3, -0.25) is 4.79 Å². The van der Waals surface area contributed by atoms with E-state index in [4.69, 9.17) is 4.74 Å². The number of aliphatic carboxylic acids is 1. The van der Waals surface area contributed by atoms with E-state index in [0.29, 0.717) is 25.9 Å². The van der Waals surface area contributed by atoms with Crippen molar-refractivity contribution in [3.05, 3.63) is 12.2 Å². The Bertz CT molecular complexity index is 363. The molecule has 0 saturated heterocycles. The molecule has 0 rings (SSSR count). The number of esters is 1. The van der Waals surface area contributed by atoms with E-state index in [1.54, 1.807) is 0 Å². The van der Waals surface area contributed by atoms with E-state index in [1.165, 1.54) is 0 Å². The third-order valence-electron chi connectivity index (χ3n) is 4.27. The van der Waals surface area contributed by atoms with Crippen LogP contribution in [0.4, 0.5) is 0 Å². The quantitative estimate of drug-likeness (QED) is 0.257. The maximum absolute atomic E-state index is 12.0. The molecule has 4 heteroatoms. The summed E-state index contributed by atoms with van der Waals surface area (Å²) in [4.78, 5) is 23.2. The number of carboxylic acid groups (broad SMARTS) is 1. The first-order valence-electron chi connectivity index (χ1n) is 9.59. The lowest BCUT2D eigenvalue weighted by atomic mass is 9.95. The molecule has 0 spiro atoms. The number of carbonyl (C=O) groups is 2. The highest BCUT2D eigenvalue weighted by Gasteiger charge is 2.17. The van der Waals surface area contributed by atoms with Crippen LogP contribution in [0.25, 0.3) is 0 Å². The van der Waals surface area contributed by atoms with Gasteiger partial charge in [-0.15, -0.1) is 0 Å². The monoisotopic (exact) mass is 339 g/mol. The first-order chi connectivity index (χ1) is 11.6. The highest BCUT2D eigenvalue weighted by Crippen LogP contribution is 2.18. The number of carboxylic acids is 1. The zero-order valence-electron chi connectivity index (χ0n) is 15.7. The van der Waals surface area contributed by atoms with Crippen molar-refractivity contribution in [2.75, 3.05) is 6.61 Å². The van der Waals surface area contributed by atoms with E-state index in [-0.39, 0.29) is 11.9 Å². The summed E-state index contributed by atoms with van der Waals surface area (Å²) in [5.41, 5.74) is 0. The lowest BCUT2D eigenvalue weighted by Crippen LogP contribution is -2.31. The van der Waals surface area contributed by atoms with Crippen molar-refractivity contribution in [1.82, 2.24) is 0 Å². The Morgan fingerprint density at radius 2 is 1.38 bits per heavy atom. The molecular weight excluding hydrogens is 304 g/mol. The molecule has 140 valence electrons. The second kappa shape index (κ2) is 15.2. The van der Waals surface area contributed by atoms with Crippen LogP contribution in [0.2, 0.25) is 0 Å². The molecule has 0 fully saturated rings. The van der Waals surface area contributed by atoms with Crippen molar-refractivity contribution in [1.29, 1.82) is 0 Å². The fourth-order valence-corrected chi connectivity index (χ4v) is 2.73. The molecule has 0 radical (unpaired) electrons. The van der Waals surface area contributed by atoms with Gasteiger partial charge in [0.2, 0.25) is 0 Å². The molecule has 0 N–H and O–H groups in total. The van der Waals surface area contributed by atoms with Crippen LogP contribution >= 0.6 is 0 Å². The van der Waals surface area contributed by atoms with E-state index >= 15 is 0 Å². The van der Waals surface area contributed by atoms with Gasteiger partial charge in [-0.1, -0.05) is 64.5 Å². The number of rotatable bonds is 15. The van der Waals surface area contributed by atoms with Crippen molar-refractivity contribution in [3.8, 4) is 0 Å². The van der Waals surface area contributed by atoms with Crippen LogP contribution in [0.15, 0.2) is 12.2 Å². The largest absolute Gasteiger partial charge is 0.550 e. The number of carbonyl (C=O) groups excluding carboxylic acids is 2. The van der Waals surface area contributed by atoms with E-state index in [9.17, 15) is 14.7 Å². The van der Waals surface area contributed by atoms with Gasteiger partial charge in [0.05, 0.1) is 12.5 Å². The molecule has 4 nitrogen and oxygen atoms in total. The smallest absolute Gasteiger partial charge is 0.309 e. The minimum atomic E-state index is -0.972. The summed E-state index contributed by atoms with van der Waals surface area (Å²) in [6.45, 7) is 6.45. The molecule has 24 heavy (non-hydrogen) atoms. The summed E-state index contributed by atoms with van der Waals surface area (Å²) in [6, 6.07) is 0. The maximum atomic E-state index is 12.0. The number of allylic oxidation sites excluding steroid dienone is 2. The van der Waals surface area contributed by atoms with Crippen molar-refractivity contribution in [2.24, 2.45) is 11.8 Å². The lowest BCUT2D eigenvalue weighted by Gasteiger charge is -2.16. The van der Waals surface area contributed by atoms with Gasteiger partial charge in [0.25, 0.3) is 0 Å². The molecule has 0 aromatic carbocycles. The van der Waals surface area contributed by atoms with Gasteiger partial charge in [0, 0.05) is 11.9 Å². The normalized spacial score (nSPS) is 13.8. The summed E-state index contributed by atoms with van der Waals surface area (Å²) in [6.07, 6.45) is 12.7. The fourth-order valence-electron chi connectivity index (χ4n) is 2.73. The van der Waals surface area contributed by atoms with Crippen LogP contribution in [-0.4, -0.2) is 18.5 Å². The van der Waals surface area contributed by atoms with Crippen LogP contribution in [0.3, 0.4) is 0 Å². The molecule has 0 amide bonds. The Hall–Kier alpha value is -1.32. The molecular formula is C20H35O4-. The predicted octanol–water partition coefficient (Wildman–Crippen LogP) is 4.03. The van der Waals surface area contributed by atoms with Crippen LogP contribution in [0, 0.1) is 11.8 Å². The summed E-state index contributed by atoms with van der Waals surface area (Å²) in [7, 11) is 0. The third-order valence-corrected chi connectivity index (χ3v) is 4.27. The first-order valence-corrected chi connectivity index (χ1v) is 9.59. The standard InChI is InChI=1S/C20H36O4/c1-4-7-9-13-17(19(21)22)14-11-12-16-18(15-10-8-5-2)20(23)24-6-3/h11-12,17-18H,4-10,13-16H2,1-3H3,(H,21,22)/p-1. The Kier molecular flexibility index (Phi) is 14.4. The average molecular weight is 339 g/mol. The predicted molar refractivity (Wildman–Crippen MR) is 95.3 cm³/mol. The molecule has 0 aromatic rings. The number of hydrogen-bond donors (Lipinski definition) is 0. The van der Waals surface area contributed by atoms with Gasteiger partial charge in [0.1, 0.15) is 0 Å². The summed E-state index contributed by atoms with van der Waals surface area (Å²) in [5, 5.41) is 11.2. The van der Waals surface area contributed by atoms with Crippen molar-refractivity contribution in [3.63, 3.8) is 0 Å². The SMILES string of the molecule is CCCCCC(CC=CCC(CCCCC)C(=O)OCC)C(=O)[O-]. The number of ether oxygens (including phenoxy) is 1. The number of unbranched alkanes of at least 4 members (excludes halogenated alkanes) is 4. The molecule has 0 heterocycles. The van der Waals surface area contributed by atoms with Crippen LogP contribution in [0.1, 0.15) is 85.0 Å². The Morgan fingerprint density at radius 3 is 1.83 bits per heavy atom. The highest BCUT2D eigenvalue weighted by atomic mass is 16.5. The summed E-state index contributed by atoms with van der Waals surface area (Å²) in [5.74, 6) is -1.65. The average Bonchev–Trinajstić information content (AvgIpc) is 2.55. The molecule has 0 aliphatic rings. The third kappa shape index (κ3) is 11.3. The molecule has 0 saturated carbocycles. The minimum absolute atomic E-state index is 0.116. The summed E-state index contributed by atoms with van der Waals surface area (Å²) < 4.78 is 5.14. The van der Waals surface area contributed by atoms with Gasteiger partial charge < -0.3 is 14.6 Å². The van der Waals surface area contributed by atoms with Crippen LogP contribution < -0.4 is 5.11 Å². The second-order valence-electron chi connectivity index (χ2n) is 6.40. The van der Waals surface area contributed by atoms with Gasteiger partial charge in [-0.05, 0) is 32.6 Å². The van der Waals surface area contributed by atoms with Gasteiger partial charge in [-0.25, -0.2) is 0 Å². The Labute approximate surface area is 147 Å². The van der Waals surface area contributed by atoms with Crippen LogP contribution in [-0.2, 0) is 14.3 Å². The van der Waals surface area contributed by atoms with Gasteiger partial charge >= 0.3 is 5.97 Å². The molecule has 0 aliphatic carbocycles. The first kappa shape index (κ1) is 22.7. The summed E-state index contributed by atoms with van der Waals surface area (Å²) >= 11 is 0. The van der Waals surface area contributed by atoms with E-state index < -0.39 is 11.9 Å².